The Morgan fingerprint density at radius 1 is 1.23 bits per heavy atom. The lowest BCUT2D eigenvalue weighted by molar-refractivity contribution is 0.0707. The van der Waals surface area contributed by atoms with Crippen molar-refractivity contribution >= 4 is 28.3 Å². The highest BCUT2D eigenvalue weighted by molar-refractivity contribution is 5.98. The summed E-state index contributed by atoms with van der Waals surface area (Å²) in [5.41, 5.74) is 10.4. The minimum atomic E-state index is -2.09. The van der Waals surface area contributed by atoms with Crippen LogP contribution in [0.15, 0.2) is 48.9 Å². The molecule has 1 aliphatic carbocycles. The van der Waals surface area contributed by atoms with Crippen LogP contribution < -0.4 is 10.5 Å². The lowest BCUT2D eigenvalue weighted by atomic mass is 10.0. The number of alkyl halides is 2. The number of carbonyl (C=O) groups is 1. The molecule has 1 saturated carbocycles. The summed E-state index contributed by atoms with van der Waals surface area (Å²) in [5.74, 6) is 1.19. The highest BCUT2D eigenvalue weighted by atomic mass is 19.3. The van der Waals surface area contributed by atoms with Crippen molar-refractivity contribution in [1.82, 2.24) is 19.3 Å². The largest absolute Gasteiger partial charge is 0.491 e. The molecule has 0 bridgehead atoms. The van der Waals surface area contributed by atoms with Crippen LogP contribution in [-0.4, -0.2) is 45.3 Å². The van der Waals surface area contributed by atoms with E-state index in [1.807, 2.05) is 48.7 Å². The summed E-state index contributed by atoms with van der Waals surface area (Å²) in [7, 11) is 1.81. The maximum atomic E-state index is 13.2. The summed E-state index contributed by atoms with van der Waals surface area (Å²) >= 11 is 0. The van der Waals surface area contributed by atoms with Gasteiger partial charge in [0.05, 0.1) is 29.6 Å². The van der Waals surface area contributed by atoms with Gasteiger partial charge in [0.1, 0.15) is 23.7 Å². The number of carbonyl (C=O) groups excluding carboxylic acids is 1. The van der Waals surface area contributed by atoms with Crippen LogP contribution in [-0.2, 0) is 0 Å². The van der Waals surface area contributed by atoms with Gasteiger partial charge in [0.2, 0.25) is 6.43 Å². The van der Waals surface area contributed by atoms with Crippen LogP contribution in [0.5, 0.6) is 5.75 Å². The van der Waals surface area contributed by atoms with Crippen molar-refractivity contribution in [3.8, 4) is 5.75 Å². The van der Waals surface area contributed by atoms with Crippen molar-refractivity contribution in [3.63, 3.8) is 0 Å². The van der Waals surface area contributed by atoms with E-state index < -0.39 is 11.8 Å². The number of hydrogen-bond acceptors (Lipinski definition) is 5. The molecule has 4 aromatic rings. The first-order chi connectivity index (χ1) is 16.7. The summed E-state index contributed by atoms with van der Waals surface area (Å²) in [6, 6.07) is 11.4. The molecule has 0 spiro atoms. The number of hydrogen-bond donors (Lipinski definition) is 1. The molecule has 1 atom stereocenters. The van der Waals surface area contributed by atoms with Gasteiger partial charge < -0.3 is 15.4 Å². The molecule has 35 heavy (non-hydrogen) atoms. The third-order valence-electron chi connectivity index (χ3n) is 6.90. The number of ether oxygens (including phenoxy) is 1. The predicted molar refractivity (Wildman–Crippen MR) is 130 cm³/mol. The van der Waals surface area contributed by atoms with Crippen LogP contribution in [0, 0.1) is 12.3 Å². The number of likely N-dealkylation sites (N-methyl/N-ethyl adjacent to an activating group) is 1. The summed E-state index contributed by atoms with van der Waals surface area (Å²) in [6.45, 7) is 4.11. The molecule has 9 heteroatoms. The van der Waals surface area contributed by atoms with E-state index in [4.69, 9.17) is 10.5 Å². The Hall–Kier alpha value is -3.75. The molecule has 1 amide bonds. The number of nitrogens with two attached hydrogens (primary N) is 1. The number of benzene rings is 2. The second-order valence-electron chi connectivity index (χ2n) is 9.59. The Labute approximate surface area is 201 Å². The molecule has 1 fully saturated rings. The fourth-order valence-electron chi connectivity index (χ4n) is 4.19. The molecular formula is C26H27F2N5O2. The SMILES string of the molecule is CC1(C(F)F)CC1.Cc1ccc2c(c1)OCC2N(C)C(=O)c1ccc2nc(N)c3cncn3c2c1. The highest BCUT2D eigenvalue weighted by Crippen LogP contribution is 2.49. The number of nitrogen functional groups attached to an aromatic ring is 1. The van der Waals surface area contributed by atoms with Crippen LogP contribution in [0.25, 0.3) is 16.6 Å². The van der Waals surface area contributed by atoms with Crippen molar-refractivity contribution in [1.29, 1.82) is 0 Å². The summed E-state index contributed by atoms with van der Waals surface area (Å²) in [5, 5.41) is 0. The Morgan fingerprint density at radius 2 is 2.00 bits per heavy atom. The van der Waals surface area contributed by atoms with Crippen LogP contribution >= 0.6 is 0 Å². The molecule has 0 saturated heterocycles. The van der Waals surface area contributed by atoms with Crippen LogP contribution in [0.4, 0.5) is 14.6 Å². The van der Waals surface area contributed by atoms with Crippen LogP contribution in [0.3, 0.4) is 0 Å². The molecule has 2 aromatic heterocycles. The van der Waals surface area contributed by atoms with Gasteiger partial charge in [0, 0.05) is 23.6 Å². The van der Waals surface area contributed by atoms with E-state index in [9.17, 15) is 13.6 Å². The number of nitrogens with zero attached hydrogens (tertiary/aromatic N) is 4. The average Bonchev–Trinajstić information content (AvgIpc) is 3.23. The maximum Gasteiger partial charge on any atom is 0.254 e. The quantitative estimate of drug-likeness (QED) is 0.445. The van der Waals surface area contributed by atoms with Gasteiger partial charge in [0.15, 0.2) is 0 Å². The molecule has 6 rings (SSSR count). The number of fused-ring (bicyclic) bond motifs is 4. The standard InChI is InChI=1S/C21H19N5O2.C5H8F2/c1-12-3-5-14-18(10-28-19(14)7-12)25(2)21(27)13-4-6-15-16(8-13)26-11-23-9-17(26)20(22)24-15;1-5(2-3-5)4(6)7/h3-9,11,18H,10H2,1-2H3,(H2,22,24);4H,2-3H2,1H3. The Bertz CT molecular complexity index is 1430. The fraction of sp³-hybridized carbons (Fsp3) is 0.346. The Balaban J connectivity index is 0.000000313. The summed E-state index contributed by atoms with van der Waals surface area (Å²) < 4.78 is 30.9. The molecule has 182 valence electrons. The zero-order valence-corrected chi connectivity index (χ0v) is 19.8. The topological polar surface area (TPSA) is 85.8 Å². The molecule has 1 aliphatic heterocycles. The van der Waals surface area contributed by atoms with Gasteiger partial charge in [-0.05, 0) is 49.6 Å². The van der Waals surface area contributed by atoms with Gasteiger partial charge in [-0.1, -0.05) is 19.1 Å². The van der Waals surface area contributed by atoms with Gasteiger partial charge in [-0.2, -0.15) is 0 Å². The van der Waals surface area contributed by atoms with Crippen LogP contribution in [0.2, 0.25) is 0 Å². The number of halogens is 2. The number of aryl methyl sites for hydroxylation is 1. The number of imidazole rings is 1. The summed E-state index contributed by atoms with van der Waals surface area (Å²) in [6.07, 6.45) is 2.68. The minimum absolute atomic E-state index is 0.0750. The number of rotatable bonds is 3. The van der Waals surface area contributed by atoms with Crippen molar-refractivity contribution in [2.75, 3.05) is 19.4 Å². The second kappa shape index (κ2) is 8.48. The van der Waals surface area contributed by atoms with E-state index in [0.29, 0.717) is 36.3 Å². The van der Waals surface area contributed by atoms with Gasteiger partial charge in [-0.15, -0.1) is 0 Å². The third kappa shape index (κ3) is 4.15. The number of amides is 1. The molecule has 2 aliphatic rings. The van der Waals surface area contributed by atoms with E-state index in [1.165, 1.54) is 0 Å². The van der Waals surface area contributed by atoms with Gasteiger partial charge in [-0.25, -0.2) is 18.7 Å². The normalized spacial score (nSPS) is 17.6. The molecule has 1 unspecified atom stereocenters. The van der Waals surface area contributed by atoms with Crippen molar-refractivity contribution in [3.05, 3.63) is 65.6 Å². The smallest absolute Gasteiger partial charge is 0.254 e. The molecule has 3 heterocycles. The van der Waals surface area contributed by atoms with Crippen molar-refractivity contribution in [2.45, 2.75) is 39.2 Å². The van der Waals surface area contributed by atoms with Gasteiger partial charge in [-0.3, -0.25) is 9.20 Å². The lowest BCUT2D eigenvalue weighted by Crippen LogP contribution is -2.32. The third-order valence-corrected chi connectivity index (χ3v) is 6.90. The first-order valence-electron chi connectivity index (χ1n) is 11.5. The Kier molecular flexibility index (Phi) is 5.57. The molecule has 2 N–H and O–H groups in total. The van der Waals surface area contributed by atoms with Gasteiger partial charge in [0.25, 0.3) is 5.91 Å². The molecule has 2 aromatic carbocycles. The second-order valence-corrected chi connectivity index (χ2v) is 9.59. The number of anilines is 1. The van der Waals surface area contributed by atoms with Crippen LogP contribution in [0.1, 0.15) is 47.3 Å². The first kappa shape index (κ1) is 23.0. The zero-order chi connectivity index (χ0) is 24.9. The van der Waals surface area contributed by atoms with E-state index in [0.717, 1.165) is 27.9 Å². The lowest BCUT2D eigenvalue weighted by Gasteiger charge is -2.24. The molecule has 0 radical (unpaired) electrons. The van der Waals surface area contributed by atoms with E-state index in [1.54, 1.807) is 30.4 Å². The number of aromatic nitrogens is 3. The molecule has 7 nitrogen and oxygen atoms in total. The van der Waals surface area contributed by atoms with E-state index >= 15 is 0 Å². The van der Waals surface area contributed by atoms with Crippen molar-refractivity contribution in [2.24, 2.45) is 5.41 Å². The van der Waals surface area contributed by atoms with Gasteiger partial charge >= 0.3 is 0 Å². The minimum Gasteiger partial charge on any atom is -0.491 e. The van der Waals surface area contributed by atoms with Crippen molar-refractivity contribution < 1.29 is 18.3 Å². The average molecular weight is 480 g/mol. The predicted octanol–water partition coefficient (Wildman–Crippen LogP) is 5.03. The Morgan fingerprint density at radius 3 is 2.69 bits per heavy atom. The maximum absolute atomic E-state index is 13.2. The summed E-state index contributed by atoms with van der Waals surface area (Å²) in [4.78, 5) is 23.5. The monoisotopic (exact) mass is 479 g/mol. The molecular weight excluding hydrogens is 452 g/mol. The zero-order valence-electron chi connectivity index (χ0n) is 19.8. The highest BCUT2D eigenvalue weighted by Gasteiger charge is 2.46. The van der Waals surface area contributed by atoms with E-state index in [-0.39, 0.29) is 11.9 Å². The fourth-order valence-corrected chi connectivity index (χ4v) is 4.19. The first-order valence-corrected chi connectivity index (χ1v) is 11.5. The van der Waals surface area contributed by atoms with E-state index in [2.05, 4.69) is 9.97 Å².